The van der Waals surface area contributed by atoms with E-state index in [1.807, 2.05) is 11.1 Å². The van der Waals surface area contributed by atoms with Crippen molar-refractivity contribution < 1.29 is 20.4 Å². The van der Waals surface area contributed by atoms with Crippen molar-refractivity contribution in [3.8, 4) is 0 Å². The van der Waals surface area contributed by atoms with Crippen LogP contribution in [0, 0.1) is 224 Å². The average Bonchev–Trinajstić information content (AvgIpc) is 1.47. The maximum absolute atomic E-state index is 10.9. The Kier molecular flexibility index (Phi) is 26.8. The van der Waals surface area contributed by atoms with Crippen molar-refractivity contribution in [2.45, 2.75) is 481 Å². The quantitative estimate of drug-likeness (QED) is 0.0916. The lowest BCUT2D eigenvalue weighted by Gasteiger charge is -2.63. The molecule has 18 rings (SSSR count). The molecule has 37 atom stereocenters. The molecule has 0 bridgehead atoms. The molecule has 0 saturated heterocycles. The Hall–Kier alpha value is -0.940. The predicted octanol–water partition coefficient (Wildman–Crippen LogP) is 32.2. The van der Waals surface area contributed by atoms with Gasteiger partial charge in [0.1, 0.15) is 0 Å². The first-order valence-corrected chi connectivity index (χ1v) is 54.9. The van der Waals surface area contributed by atoms with Crippen LogP contribution in [-0.4, -0.2) is 44.8 Å². The molecule has 4 nitrogen and oxygen atoms in total. The summed E-state index contributed by atoms with van der Waals surface area (Å²) >= 11 is 0. The van der Waals surface area contributed by atoms with Gasteiger partial charge in [-0.1, -0.05) is 274 Å². The maximum Gasteiger partial charge on any atom is 0.0594 e. The molecule has 0 aliphatic heterocycles. The second-order valence-corrected chi connectivity index (χ2v) is 55.5. The molecule has 4 heteroatoms. The Labute approximate surface area is 755 Å². The van der Waals surface area contributed by atoms with E-state index in [4.69, 9.17) is 0 Å². The number of hydrogen-bond acceptors (Lipinski definition) is 4. The van der Waals surface area contributed by atoms with E-state index in [9.17, 15) is 20.4 Å². The van der Waals surface area contributed by atoms with Gasteiger partial charge in [-0.15, -0.1) is 0 Å². The third-order valence-corrected chi connectivity index (χ3v) is 49.2. The Morgan fingerprint density at radius 1 is 0.344 bits per heavy atom. The van der Waals surface area contributed by atoms with Crippen LogP contribution in [0.3, 0.4) is 0 Å². The molecule has 0 radical (unpaired) electrons. The van der Waals surface area contributed by atoms with Gasteiger partial charge in [-0.25, -0.2) is 0 Å². The van der Waals surface area contributed by atoms with Crippen molar-refractivity contribution >= 4 is 0 Å². The van der Waals surface area contributed by atoms with Gasteiger partial charge < -0.3 is 20.4 Å². The molecule has 0 aromatic carbocycles. The summed E-state index contributed by atoms with van der Waals surface area (Å²) in [6.45, 7) is 71.8. The van der Waals surface area contributed by atoms with E-state index in [2.05, 4.69) is 206 Å². The van der Waals surface area contributed by atoms with Crippen molar-refractivity contribution in [1.29, 1.82) is 0 Å². The largest absolute Gasteiger partial charge is 0.393 e. The van der Waals surface area contributed by atoms with Crippen LogP contribution in [0.4, 0.5) is 0 Å². The second-order valence-electron chi connectivity index (χ2n) is 55.5. The molecule has 4 spiro atoms. The van der Waals surface area contributed by atoms with Gasteiger partial charge in [0.25, 0.3) is 0 Å². The molecule has 4 N–H and O–H groups in total. The van der Waals surface area contributed by atoms with E-state index >= 15 is 0 Å². The average molecular weight is 1680 g/mol. The van der Waals surface area contributed by atoms with E-state index in [-0.39, 0.29) is 35.2 Å². The number of aliphatic hydroxyl groups excluding tert-OH is 4. The van der Waals surface area contributed by atoms with E-state index in [0.717, 1.165) is 144 Å². The summed E-state index contributed by atoms with van der Waals surface area (Å²) in [4.78, 5) is 0. The summed E-state index contributed by atoms with van der Waals surface area (Å²) < 4.78 is 0. The minimum atomic E-state index is -0.0888. The highest BCUT2D eigenvalue weighted by Gasteiger charge is 2.84. The molecule has 698 valence electrons. The van der Waals surface area contributed by atoms with Gasteiger partial charge in [-0.05, 0) is 442 Å². The van der Waals surface area contributed by atoms with Crippen LogP contribution < -0.4 is 0 Å². The number of fused-ring (bicyclic) bond motifs is 14. The van der Waals surface area contributed by atoms with Gasteiger partial charge in [0.15, 0.2) is 0 Å². The molecule has 18 aliphatic carbocycles. The van der Waals surface area contributed by atoms with Crippen LogP contribution in [0.2, 0.25) is 0 Å². The molecule has 122 heavy (non-hydrogen) atoms. The molecule has 0 aromatic rings. The molecule has 16 fully saturated rings. The van der Waals surface area contributed by atoms with Crippen LogP contribution in [0.5, 0.6) is 0 Å². The first-order chi connectivity index (χ1) is 57.1. The van der Waals surface area contributed by atoms with Crippen LogP contribution >= 0.6 is 0 Å². The standard InChI is InChI=1S/C31H52O.C30H52O.C29H50O.C28H48O/c1-20(2)21(3)9-10-22(4)23-13-15-29(8)25-12-11-24-27(5,6)26(32)14-16-30(24)19-31(25,30)18-17-28(23,29)7;1-20(2)9-8-10-21(3)22-13-15-28(7)24-12-11-23-26(4,5)25(31)14-16-29(23)19-30(24,29)18-17-27(22,28)6;1-18(2)19(3)8-9-20(4)23-12-13-25-22-10-11-24-21(5)27(30)15-17-29(24,7)26(22)14-16-28(23,25)6;1-18(2)8-7-9-19(3)22-12-13-24-21-10-11-23-20(4)26(29)15-17-28(23,6)25(21)14-16-27(22,24)5/h20,22-26,32H,3,9-19H2,1-2,4-8H3;20-25,31H,8-19H2,1-7H3;10,18-21,23-27,30H,8-9,11-17H2,1-7H3;10,18-20,22-26,29H,7-9,11-17H2,1-6H3. The van der Waals surface area contributed by atoms with Gasteiger partial charge in [-0.3, -0.25) is 0 Å². The van der Waals surface area contributed by atoms with E-state index in [0.29, 0.717) is 94.6 Å². The maximum atomic E-state index is 10.9. The van der Waals surface area contributed by atoms with Gasteiger partial charge in [0, 0.05) is 0 Å². The Balaban J connectivity index is 0.000000126. The minimum absolute atomic E-state index is 0.0700. The molecule has 16 saturated carbocycles. The van der Waals surface area contributed by atoms with Crippen molar-refractivity contribution in [3.63, 3.8) is 0 Å². The van der Waals surface area contributed by atoms with E-state index in [1.165, 1.54) is 250 Å². The summed E-state index contributed by atoms with van der Waals surface area (Å²) in [6.07, 6.45) is 62.6. The lowest BCUT2D eigenvalue weighted by molar-refractivity contribution is -0.161. The topological polar surface area (TPSA) is 80.9 Å². The minimum Gasteiger partial charge on any atom is -0.393 e. The highest BCUT2D eigenvalue weighted by atomic mass is 16.3. The zero-order valence-corrected chi connectivity index (χ0v) is 85.6. The van der Waals surface area contributed by atoms with Crippen LogP contribution in [0.15, 0.2) is 35.5 Å². The smallest absolute Gasteiger partial charge is 0.0594 e. The first-order valence-electron chi connectivity index (χ1n) is 54.9. The predicted molar refractivity (Wildman–Crippen MR) is 518 cm³/mol. The van der Waals surface area contributed by atoms with E-state index in [1.54, 1.807) is 0 Å². The normalized spacial score (nSPS) is 50.3. The molecule has 0 amide bonds. The van der Waals surface area contributed by atoms with Crippen molar-refractivity contribution in [1.82, 2.24) is 0 Å². The lowest BCUT2D eigenvalue weighted by Crippen LogP contribution is -2.57. The second kappa shape index (κ2) is 34.2. The molecule has 0 aromatic heterocycles. The SMILES string of the molecule is C=C(CCC(C)C1CCC2(C)C3CCC4C(C)(C)C(O)CCC45CC35CCC12C)C(C)C.CC(C)C(C)CCC(C)C1CCC2C3=CCC4C(C)C(O)CCC4(C)C3CCC21C.CC(C)CCCC(C)C1CCC2(C)C3CCC4C(C)(C)C(O)CCC45CC35CCC12C.CC(C)CCCC(C)C1CCC2C3=CCC4C(C)C(O)CCC4(C)C3CCC21C. The Morgan fingerprint density at radius 2 is 0.705 bits per heavy atom. The summed E-state index contributed by atoms with van der Waals surface area (Å²) in [6, 6.07) is 0. The summed E-state index contributed by atoms with van der Waals surface area (Å²) in [5.74, 6) is 20.1. The Morgan fingerprint density at radius 3 is 1.10 bits per heavy atom. The number of rotatable bonds is 20. The highest BCUT2D eigenvalue weighted by Crippen LogP contribution is 2.91. The zero-order chi connectivity index (χ0) is 88.6. The molecular formula is C118H202O4. The molecule has 37 unspecified atom stereocenters. The number of allylic oxidation sites excluding steroid dienone is 5. The summed E-state index contributed by atoms with van der Waals surface area (Å²) in [7, 11) is 0. The van der Waals surface area contributed by atoms with Crippen LogP contribution in [0.1, 0.15) is 457 Å². The van der Waals surface area contributed by atoms with Crippen LogP contribution in [0.25, 0.3) is 0 Å². The van der Waals surface area contributed by atoms with Gasteiger partial charge >= 0.3 is 0 Å². The van der Waals surface area contributed by atoms with Gasteiger partial charge in [0.2, 0.25) is 0 Å². The fourth-order valence-electron chi connectivity index (χ4n) is 40.5. The van der Waals surface area contributed by atoms with Crippen LogP contribution in [-0.2, 0) is 0 Å². The molecular weight excluding hydrogens is 1480 g/mol. The fraction of sp³-hybridized carbons (Fsp3) is 0.949. The number of aliphatic hydroxyl groups is 4. The van der Waals surface area contributed by atoms with Gasteiger partial charge in [-0.2, -0.15) is 0 Å². The zero-order valence-electron chi connectivity index (χ0n) is 85.6. The highest BCUT2D eigenvalue weighted by molar-refractivity contribution is 5.35. The molecule has 18 aliphatic rings. The summed E-state index contributed by atoms with van der Waals surface area (Å²) in [5, 5.41) is 42.7. The van der Waals surface area contributed by atoms with Crippen molar-refractivity contribution in [2.24, 2.45) is 224 Å². The lowest BCUT2D eigenvalue weighted by atomic mass is 9.41. The van der Waals surface area contributed by atoms with Gasteiger partial charge in [0.05, 0.1) is 24.4 Å². The van der Waals surface area contributed by atoms with E-state index < -0.39 is 0 Å². The number of hydrogen-bond donors (Lipinski definition) is 4. The third-order valence-electron chi connectivity index (χ3n) is 49.2. The van der Waals surface area contributed by atoms with Crippen molar-refractivity contribution in [2.75, 3.05) is 0 Å². The summed E-state index contributed by atoms with van der Waals surface area (Å²) in [5.41, 5.74) is 11.9. The molecule has 0 heterocycles. The Bertz CT molecular complexity index is 3700. The first kappa shape index (κ1) is 95.7. The van der Waals surface area contributed by atoms with Crippen molar-refractivity contribution in [3.05, 3.63) is 35.5 Å². The monoisotopic (exact) mass is 1680 g/mol. The fourth-order valence-corrected chi connectivity index (χ4v) is 40.5. The third kappa shape index (κ3) is 15.0.